The van der Waals surface area contributed by atoms with Crippen molar-refractivity contribution in [2.24, 2.45) is 0 Å². The highest BCUT2D eigenvalue weighted by molar-refractivity contribution is 5.97. The van der Waals surface area contributed by atoms with Gasteiger partial charge in [-0.15, -0.1) is 0 Å². The Morgan fingerprint density at radius 2 is 1.74 bits per heavy atom. The Kier molecular flexibility index (Phi) is 5.36. The normalized spacial score (nSPS) is 14.8. The van der Waals surface area contributed by atoms with Gasteiger partial charge in [-0.3, -0.25) is 4.79 Å². The maximum Gasteiger partial charge on any atom is 0.341 e. The lowest BCUT2D eigenvalue weighted by atomic mass is 10.1. The summed E-state index contributed by atoms with van der Waals surface area (Å²) in [7, 11) is 3.35. The number of anilines is 1. The Labute approximate surface area is 176 Å². The largest absolute Gasteiger partial charge is 0.492 e. The molecule has 9 heteroatoms. The van der Waals surface area contributed by atoms with Crippen molar-refractivity contribution < 1.29 is 23.4 Å². The first kappa shape index (κ1) is 20.8. The zero-order chi connectivity index (χ0) is 22.3. The van der Waals surface area contributed by atoms with Gasteiger partial charge < -0.3 is 24.2 Å². The van der Waals surface area contributed by atoms with E-state index in [0.29, 0.717) is 18.8 Å². The molecular weight excluding hydrogens is 408 g/mol. The summed E-state index contributed by atoms with van der Waals surface area (Å²) in [6, 6.07) is 6.39. The standard InChI is InChI=1S/C22H21F2N3O4/c1-25-7-9-26(10-8-25)19-17(24)11-15-18(21(19)31-2)27(12-16(20(15)28)22(29)30)14-5-3-13(23)4-6-14/h3-6,11-12H,7-10H2,1-2H3,(H,29,30). The summed E-state index contributed by atoms with van der Waals surface area (Å²) in [6.45, 7) is 2.57. The van der Waals surface area contributed by atoms with Gasteiger partial charge in [-0.05, 0) is 37.4 Å². The van der Waals surface area contributed by atoms with Crippen molar-refractivity contribution in [1.82, 2.24) is 9.47 Å². The SMILES string of the molecule is COc1c(N2CCN(C)CC2)c(F)cc2c(=O)c(C(=O)O)cn(-c3ccc(F)cc3)c12. The average Bonchev–Trinajstić information content (AvgIpc) is 2.75. The predicted molar refractivity (Wildman–Crippen MR) is 113 cm³/mol. The number of carbonyl (C=O) groups is 1. The van der Waals surface area contributed by atoms with Gasteiger partial charge >= 0.3 is 5.97 Å². The second-order valence-electron chi connectivity index (χ2n) is 7.45. The highest BCUT2D eigenvalue weighted by atomic mass is 19.1. The van der Waals surface area contributed by atoms with Crippen molar-refractivity contribution in [2.75, 3.05) is 45.2 Å². The van der Waals surface area contributed by atoms with Gasteiger partial charge in [0.25, 0.3) is 0 Å². The molecule has 0 aliphatic carbocycles. The summed E-state index contributed by atoms with van der Waals surface area (Å²) in [5.74, 6) is -2.45. The first-order valence-electron chi connectivity index (χ1n) is 9.70. The van der Waals surface area contributed by atoms with E-state index in [1.807, 2.05) is 11.9 Å². The van der Waals surface area contributed by atoms with Gasteiger partial charge in [0.05, 0.1) is 12.5 Å². The number of benzene rings is 2. The number of fused-ring (bicyclic) bond motifs is 1. The number of methoxy groups -OCH3 is 1. The fourth-order valence-corrected chi connectivity index (χ4v) is 3.89. The molecule has 0 unspecified atom stereocenters. The summed E-state index contributed by atoms with van der Waals surface area (Å²) in [4.78, 5) is 28.5. The first-order valence-corrected chi connectivity index (χ1v) is 9.70. The van der Waals surface area contributed by atoms with Crippen molar-refractivity contribution >= 4 is 22.6 Å². The molecule has 1 fully saturated rings. The van der Waals surface area contributed by atoms with E-state index in [9.17, 15) is 19.1 Å². The maximum atomic E-state index is 15.3. The Balaban J connectivity index is 2.08. The van der Waals surface area contributed by atoms with Gasteiger partial charge in [-0.2, -0.15) is 0 Å². The zero-order valence-corrected chi connectivity index (χ0v) is 17.1. The second-order valence-corrected chi connectivity index (χ2v) is 7.45. The Morgan fingerprint density at radius 1 is 1.10 bits per heavy atom. The number of aromatic carboxylic acids is 1. The second kappa shape index (κ2) is 7.99. The molecule has 4 rings (SSSR count). The number of hydrogen-bond donors (Lipinski definition) is 1. The number of halogens is 2. The molecule has 162 valence electrons. The lowest BCUT2D eigenvalue weighted by Crippen LogP contribution is -2.45. The van der Waals surface area contributed by atoms with Crippen LogP contribution in [0.5, 0.6) is 5.75 Å². The lowest BCUT2D eigenvalue weighted by molar-refractivity contribution is 0.0695. The Bertz CT molecular complexity index is 1220. The average molecular weight is 429 g/mol. The highest BCUT2D eigenvalue weighted by Gasteiger charge is 2.27. The summed E-state index contributed by atoms with van der Waals surface area (Å²) in [5.41, 5.74) is -0.502. The van der Waals surface area contributed by atoms with Crippen LogP contribution in [-0.4, -0.2) is 60.9 Å². The van der Waals surface area contributed by atoms with Gasteiger partial charge in [0.15, 0.2) is 11.6 Å². The van der Waals surface area contributed by atoms with Gasteiger partial charge in [0, 0.05) is 38.1 Å². The quantitative estimate of drug-likeness (QED) is 0.688. The summed E-state index contributed by atoms with van der Waals surface area (Å²) < 4.78 is 35.8. The summed E-state index contributed by atoms with van der Waals surface area (Å²) in [6.07, 6.45) is 1.16. The van der Waals surface area contributed by atoms with E-state index < -0.39 is 28.6 Å². The van der Waals surface area contributed by atoms with Crippen LogP contribution in [-0.2, 0) is 0 Å². The minimum Gasteiger partial charge on any atom is -0.492 e. The van der Waals surface area contributed by atoms with Crippen molar-refractivity contribution in [3.63, 3.8) is 0 Å². The topological polar surface area (TPSA) is 75.0 Å². The van der Waals surface area contributed by atoms with E-state index in [2.05, 4.69) is 4.90 Å². The molecule has 1 aliphatic rings. The van der Waals surface area contributed by atoms with E-state index in [1.165, 1.54) is 35.9 Å². The van der Waals surface area contributed by atoms with Crippen molar-refractivity contribution in [2.45, 2.75) is 0 Å². The smallest absolute Gasteiger partial charge is 0.341 e. The first-order chi connectivity index (χ1) is 14.8. The summed E-state index contributed by atoms with van der Waals surface area (Å²) >= 11 is 0. The molecule has 1 aromatic heterocycles. The molecule has 7 nitrogen and oxygen atoms in total. The minimum absolute atomic E-state index is 0.123. The van der Waals surface area contributed by atoms with Crippen LogP contribution in [0.15, 0.2) is 41.3 Å². The van der Waals surface area contributed by atoms with Crippen LogP contribution in [0.1, 0.15) is 10.4 Å². The predicted octanol–water partition coefficient (Wildman–Crippen LogP) is 2.73. The molecule has 0 spiro atoms. The number of pyridine rings is 1. The molecular formula is C22H21F2N3O4. The monoisotopic (exact) mass is 429 g/mol. The number of hydrogen-bond acceptors (Lipinski definition) is 5. The Morgan fingerprint density at radius 3 is 2.32 bits per heavy atom. The zero-order valence-electron chi connectivity index (χ0n) is 17.1. The van der Waals surface area contributed by atoms with Crippen LogP contribution in [0.2, 0.25) is 0 Å². The number of ether oxygens (including phenoxy) is 1. The van der Waals surface area contributed by atoms with Gasteiger partial charge in [0.1, 0.15) is 22.6 Å². The molecule has 1 saturated heterocycles. The van der Waals surface area contributed by atoms with E-state index in [0.717, 1.165) is 25.4 Å². The minimum atomic E-state index is -1.44. The van der Waals surface area contributed by atoms with Gasteiger partial charge in [0.2, 0.25) is 5.43 Å². The van der Waals surface area contributed by atoms with Gasteiger partial charge in [-0.1, -0.05) is 0 Å². The fraction of sp³-hybridized carbons (Fsp3) is 0.273. The Hall–Kier alpha value is -3.46. The molecule has 31 heavy (non-hydrogen) atoms. The maximum absolute atomic E-state index is 15.3. The number of piperazine rings is 1. The number of likely N-dealkylation sites (N-methyl/N-ethyl adjacent to an activating group) is 1. The number of carboxylic acid groups (broad SMARTS) is 1. The molecule has 1 N–H and O–H groups in total. The van der Waals surface area contributed by atoms with E-state index in [4.69, 9.17) is 4.74 Å². The van der Waals surface area contributed by atoms with Crippen LogP contribution >= 0.6 is 0 Å². The van der Waals surface area contributed by atoms with Crippen molar-refractivity contribution in [3.8, 4) is 11.4 Å². The van der Waals surface area contributed by atoms with Gasteiger partial charge in [-0.25, -0.2) is 13.6 Å². The molecule has 1 aliphatic heterocycles. The van der Waals surface area contributed by atoms with E-state index in [-0.39, 0.29) is 22.3 Å². The molecule has 2 aromatic carbocycles. The number of aromatic nitrogens is 1. The van der Waals surface area contributed by atoms with Crippen molar-refractivity contribution in [3.05, 3.63) is 63.9 Å². The van der Waals surface area contributed by atoms with Crippen LogP contribution in [0.3, 0.4) is 0 Å². The van der Waals surface area contributed by atoms with E-state index >= 15 is 4.39 Å². The highest BCUT2D eigenvalue weighted by Crippen LogP contribution is 2.39. The number of carboxylic acids is 1. The van der Waals surface area contributed by atoms with Crippen LogP contribution in [0.25, 0.3) is 16.6 Å². The summed E-state index contributed by atoms with van der Waals surface area (Å²) in [5, 5.41) is 9.38. The van der Waals surface area contributed by atoms with Crippen molar-refractivity contribution in [1.29, 1.82) is 0 Å². The molecule has 0 atom stereocenters. The molecule has 0 amide bonds. The van der Waals surface area contributed by atoms with Crippen LogP contribution < -0.4 is 15.1 Å². The lowest BCUT2D eigenvalue weighted by Gasteiger charge is -2.35. The molecule has 3 aromatic rings. The molecule has 0 radical (unpaired) electrons. The third kappa shape index (κ3) is 3.61. The molecule has 0 saturated carbocycles. The molecule has 2 heterocycles. The van der Waals surface area contributed by atoms with E-state index in [1.54, 1.807) is 0 Å². The number of rotatable bonds is 4. The molecule has 0 bridgehead atoms. The van der Waals surface area contributed by atoms with Crippen LogP contribution in [0, 0.1) is 11.6 Å². The fourth-order valence-electron chi connectivity index (χ4n) is 3.89. The third-order valence-electron chi connectivity index (χ3n) is 5.53. The van der Waals surface area contributed by atoms with Crippen LogP contribution in [0.4, 0.5) is 14.5 Å². The third-order valence-corrected chi connectivity index (χ3v) is 5.53. The number of nitrogens with zero attached hydrogens (tertiary/aromatic N) is 3.